The predicted molar refractivity (Wildman–Crippen MR) is 280 cm³/mol. The topological polar surface area (TPSA) is 0 Å². The van der Waals surface area contributed by atoms with Crippen LogP contribution in [0, 0.1) is 21.3 Å². The van der Waals surface area contributed by atoms with Gasteiger partial charge in [-0.05, 0) is 179 Å². The van der Waals surface area contributed by atoms with Crippen LogP contribution in [0.2, 0.25) is 0 Å². The van der Waals surface area contributed by atoms with E-state index in [2.05, 4.69) is 232 Å². The molecule has 0 amide bonds. The monoisotopic (exact) mass is 841 g/mol. The van der Waals surface area contributed by atoms with E-state index < -0.39 is 0 Å². The molecule has 0 aliphatic heterocycles. The molecule has 0 saturated carbocycles. The van der Waals surface area contributed by atoms with Crippen molar-refractivity contribution in [3.05, 3.63) is 163 Å². The van der Waals surface area contributed by atoms with Gasteiger partial charge < -0.3 is 0 Å². The van der Waals surface area contributed by atoms with Gasteiger partial charge in [-0.15, -0.1) is 0 Å². The lowest BCUT2D eigenvalue weighted by atomic mass is 9.72. The van der Waals surface area contributed by atoms with Gasteiger partial charge in [0.25, 0.3) is 0 Å². The molecule has 7 aromatic rings. The molecule has 7 aromatic carbocycles. The van der Waals surface area contributed by atoms with E-state index in [-0.39, 0.29) is 32.5 Å². The Hall–Kier alpha value is -5.20. The first-order valence-electron chi connectivity index (χ1n) is 24.0. The number of hydrogen-bond donors (Lipinski definition) is 0. The van der Waals surface area contributed by atoms with Crippen LogP contribution in [-0.4, -0.2) is 0 Å². The Morgan fingerprint density at radius 2 is 0.844 bits per heavy atom. The number of hydrogen-bond acceptors (Lipinski definition) is 0. The molecule has 0 bridgehead atoms. The second kappa shape index (κ2) is 14.7. The molecule has 0 unspecified atom stereocenters. The molecule has 328 valence electrons. The summed E-state index contributed by atoms with van der Waals surface area (Å²) >= 11 is 0. The summed E-state index contributed by atoms with van der Waals surface area (Å²) in [4.78, 5) is 0. The van der Waals surface area contributed by atoms with Crippen molar-refractivity contribution in [1.29, 1.82) is 0 Å². The maximum Gasteiger partial charge on any atom is -0.00169 e. The van der Waals surface area contributed by atoms with Gasteiger partial charge in [-0.3, -0.25) is 0 Å². The molecule has 0 heteroatoms. The van der Waals surface area contributed by atoms with Crippen molar-refractivity contribution in [2.45, 2.75) is 145 Å². The molecule has 64 heavy (non-hydrogen) atoms. The summed E-state index contributed by atoms with van der Waals surface area (Å²) in [6, 6.07) is 42.8. The van der Waals surface area contributed by atoms with E-state index in [0.29, 0.717) is 0 Å². The van der Waals surface area contributed by atoms with Crippen molar-refractivity contribution >= 4 is 33.7 Å². The average Bonchev–Trinajstić information content (AvgIpc) is 3.72. The molecule has 0 saturated heterocycles. The van der Waals surface area contributed by atoms with Crippen LogP contribution in [0.25, 0.3) is 67.1 Å². The number of benzene rings is 7. The van der Waals surface area contributed by atoms with Gasteiger partial charge in [-0.2, -0.15) is 0 Å². The normalized spacial score (nSPS) is 14.0. The first-order valence-corrected chi connectivity index (χ1v) is 24.0. The Labute approximate surface area is 384 Å². The van der Waals surface area contributed by atoms with Gasteiger partial charge in [-0.25, -0.2) is 0 Å². The lowest BCUT2D eigenvalue weighted by molar-refractivity contribution is 0.283. The van der Waals surface area contributed by atoms with Gasteiger partial charge in [0.1, 0.15) is 0 Å². The minimum Gasteiger partial charge on any atom is -0.0616 e. The van der Waals surface area contributed by atoms with Crippen LogP contribution >= 0.6 is 0 Å². The van der Waals surface area contributed by atoms with Gasteiger partial charge in [0.2, 0.25) is 0 Å². The second-order valence-electron chi connectivity index (χ2n) is 25.4. The Kier molecular flexibility index (Phi) is 10.1. The summed E-state index contributed by atoms with van der Waals surface area (Å²) < 4.78 is 0. The highest BCUT2D eigenvalue weighted by Crippen LogP contribution is 2.49. The fourth-order valence-corrected chi connectivity index (χ4v) is 12.6. The van der Waals surface area contributed by atoms with Crippen LogP contribution in [0.1, 0.15) is 157 Å². The summed E-state index contributed by atoms with van der Waals surface area (Å²) in [6.07, 6.45) is 7.30. The number of rotatable bonds is 6. The van der Waals surface area contributed by atoms with Crippen molar-refractivity contribution < 1.29 is 0 Å². The fourth-order valence-electron chi connectivity index (χ4n) is 12.6. The summed E-state index contributed by atoms with van der Waals surface area (Å²) in [6.45, 7) is 38.1. The van der Waals surface area contributed by atoms with Crippen molar-refractivity contribution in [3.8, 4) is 33.4 Å². The van der Waals surface area contributed by atoms with Crippen LogP contribution in [-0.2, 0) is 21.7 Å². The smallest absolute Gasteiger partial charge is 0.00169 e. The third kappa shape index (κ3) is 7.57. The molecule has 0 N–H and O–H groups in total. The molecule has 0 atom stereocenters. The zero-order chi connectivity index (χ0) is 46.1. The Balaban J connectivity index is 1.37. The van der Waals surface area contributed by atoms with Gasteiger partial charge in [-0.1, -0.05) is 208 Å². The van der Waals surface area contributed by atoms with E-state index in [9.17, 15) is 0 Å². The zero-order valence-corrected chi connectivity index (χ0v) is 42.0. The van der Waals surface area contributed by atoms with Crippen molar-refractivity contribution in [2.75, 3.05) is 0 Å². The van der Waals surface area contributed by atoms with E-state index in [1.165, 1.54) is 109 Å². The largest absolute Gasteiger partial charge is 0.0616 e. The van der Waals surface area contributed by atoms with Crippen LogP contribution in [0.4, 0.5) is 0 Å². The minimum atomic E-state index is -0.0651. The summed E-state index contributed by atoms with van der Waals surface area (Å²) in [5.74, 6) is 0. The molecular formula is C64H72. The second-order valence-corrected chi connectivity index (χ2v) is 25.4. The highest BCUT2D eigenvalue weighted by atomic mass is 14.4. The predicted octanol–water partition coefficient (Wildman–Crippen LogP) is 16.6. The average molecular weight is 841 g/mol. The highest BCUT2D eigenvalue weighted by molar-refractivity contribution is 6.11. The fraction of sp³-hybridized carbons (Fsp3) is 0.375. The molecule has 0 heterocycles. The Bertz CT molecular complexity index is 3240. The molecule has 2 aliphatic carbocycles. The lowest BCUT2D eigenvalue weighted by Crippen LogP contribution is -2.25. The third-order valence-electron chi connectivity index (χ3n) is 14.2. The maximum atomic E-state index is 2.59. The van der Waals surface area contributed by atoms with E-state index >= 15 is 0 Å². The molecule has 2 aliphatic rings. The van der Waals surface area contributed by atoms with E-state index in [1.807, 2.05) is 0 Å². The molecule has 0 spiro atoms. The summed E-state index contributed by atoms with van der Waals surface area (Å²) in [7, 11) is 0. The first-order chi connectivity index (χ1) is 29.7. The highest BCUT2D eigenvalue weighted by Gasteiger charge is 2.33. The molecule has 0 nitrogen and oxygen atoms in total. The van der Waals surface area contributed by atoms with Crippen LogP contribution in [0.15, 0.2) is 109 Å². The minimum absolute atomic E-state index is 0.0651. The zero-order valence-electron chi connectivity index (χ0n) is 42.0. The lowest BCUT2D eigenvalue weighted by Gasteiger charge is -2.33. The summed E-state index contributed by atoms with van der Waals surface area (Å²) in [5, 5.41) is 10.8. The molecule has 0 aromatic heterocycles. The van der Waals surface area contributed by atoms with Crippen molar-refractivity contribution in [2.24, 2.45) is 10.8 Å². The van der Waals surface area contributed by atoms with Gasteiger partial charge in [0.15, 0.2) is 0 Å². The molecule has 9 rings (SSSR count). The summed E-state index contributed by atoms with van der Waals surface area (Å²) in [5.41, 5.74) is 16.8. The van der Waals surface area contributed by atoms with Gasteiger partial charge in [0, 0.05) is 0 Å². The molecule has 0 radical (unpaired) electrons. The molecule has 0 fully saturated rings. The van der Waals surface area contributed by atoms with E-state index in [0.717, 1.165) is 12.8 Å². The number of fused-ring (bicyclic) bond motifs is 7. The maximum absolute atomic E-state index is 2.59. The van der Waals surface area contributed by atoms with Gasteiger partial charge in [0.05, 0.1) is 0 Å². The van der Waals surface area contributed by atoms with Crippen LogP contribution in [0.5, 0.6) is 0 Å². The quantitative estimate of drug-likeness (QED) is 0.156. The Morgan fingerprint density at radius 1 is 0.406 bits per heavy atom. The van der Waals surface area contributed by atoms with Crippen LogP contribution in [0.3, 0.4) is 0 Å². The van der Waals surface area contributed by atoms with Crippen LogP contribution < -0.4 is 10.4 Å². The van der Waals surface area contributed by atoms with E-state index in [4.69, 9.17) is 0 Å². The van der Waals surface area contributed by atoms with Crippen molar-refractivity contribution in [3.63, 3.8) is 0 Å². The first kappa shape index (κ1) is 44.0. The molecular weight excluding hydrogens is 769 g/mol. The Morgan fingerprint density at radius 3 is 1.31 bits per heavy atom. The third-order valence-corrected chi connectivity index (χ3v) is 14.2. The van der Waals surface area contributed by atoms with Gasteiger partial charge >= 0.3 is 0 Å². The van der Waals surface area contributed by atoms with Crippen molar-refractivity contribution in [1.82, 2.24) is 0 Å². The van der Waals surface area contributed by atoms with E-state index in [1.54, 1.807) is 0 Å². The standard InChI is InChI=1S/C64H72/c1-59(2,3)37-63(13,14)43-29-25-39(26-30-43)53-45-21-17-19-23-47(45)57(61(7,8)9)51-34-41-33-42-35-52-56(50(42)36-49(41)55(51)53)54(46-22-18-20-24-48(46)58(52)62(10,11)12)40-27-31-44(32-28-40)64(15,16)38-60(4,5)6/h17-36H,37-38H2,1-16H3. The SMILES string of the molecule is CC(C)(C)CC(C)(C)c1ccc(-c2c3c(c(C(C)(C)C)c4ccccc24)C=c2cc4c(cc2-3)=c2c(-c3ccc(C(C)(C)CC(C)(C)C)cc3)c3ccccc3c(C(C)(C)C)c2=C4)cc1.